The lowest BCUT2D eigenvalue weighted by atomic mass is 10.0. The Bertz CT molecular complexity index is 1120. The van der Waals surface area contributed by atoms with E-state index in [0.717, 1.165) is 5.56 Å². The molecular weight excluding hydrogens is 404 g/mol. The average molecular weight is 426 g/mol. The van der Waals surface area contributed by atoms with Gasteiger partial charge in [-0.15, -0.1) is 0 Å². The number of benzene rings is 2. The van der Waals surface area contributed by atoms with Gasteiger partial charge in [-0.1, -0.05) is 42.5 Å². The topological polar surface area (TPSA) is 95.6 Å². The third-order valence-corrected chi connectivity index (χ3v) is 6.88. The zero-order chi connectivity index (χ0) is 21.1. The van der Waals surface area contributed by atoms with Crippen molar-refractivity contribution in [1.29, 1.82) is 0 Å². The summed E-state index contributed by atoms with van der Waals surface area (Å²) in [7, 11) is -2.35. The number of sulfonamides is 1. The largest absolute Gasteiger partial charge is 0.382 e. The monoisotopic (exact) mass is 426 g/mol. The maximum absolute atomic E-state index is 13.4. The molecule has 0 fully saturated rings. The number of nitrogens with zero attached hydrogens (tertiary/aromatic N) is 3. The van der Waals surface area contributed by atoms with E-state index >= 15 is 0 Å². The highest BCUT2D eigenvalue weighted by Crippen LogP contribution is 2.37. The summed E-state index contributed by atoms with van der Waals surface area (Å²) in [4.78, 5) is 21.9. The third kappa shape index (κ3) is 3.74. The smallest absolute Gasteiger partial charge is 0.245 e. The van der Waals surface area contributed by atoms with Crippen molar-refractivity contribution in [3.8, 4) is 0 Å². The SMILES string of the molecule is COC[C@H](c1ccccc1)N1C(=O)CN(Cc2cnc[nH]2)S(=O)(=O)c2ccccc21. The molecule has 1 aliphatic heterocycles. The zero-order valence-electron chi connectivity index (χ0n) is 16.4. The van der Waals surface area contributed by atoms with Crippen molar-refractivity contribution in [3.63, 3.8) is 0 Å². The number of imidazole rings is 1. The number of H-pyrrole nitrogens is 1. The van der Waals surface area contributed by atoms with Gasteiger partial charge in [0.2, 0.25) is 15.9 Å². The molecule has 1 aromatic heterocycles. The van der Waals surface area contributed by atoms with E-state index < -0.39 is 16.1 Å². The summed E-state index contributed by atoms with van der Waals surface area (Å²) >= 11 is 0. The zero-order valence-corrected chi connectivity index (χ0v) is 17.2. The van der Waals surface area contributed by atoms with Crippen LogP contribution in [0.4, 0.5) is 5.69 Å². The molecule has 4 rings (SSSR count). The summed E-state index contributed by atoms with van der Waals surface area (Å²) in [5, 5.41) is 0. The maximum Gasteiger partial charge on any atom is 0.245 e. The second-order valence-electron chi connectivity index (χ2n) is 6.96. The van der Waals surface area contributed by atoms with Crippen LogP contribution in [0.25, 0.3) is 0 Å². The Morgan fingerprint density at radius 3 is 2.57 bits per heavy atom. The van der Waals surface area contributed by atoms with Gasteiger partial charge >= 0.3 is 0 Å². The summed E-state index contributed by atoms with van der Waals surface area (Å²) in [5.41, 5.74) is 1.82. The molecule has 1 amide bonds. The minimum atomic E-state index is -3.91. The van der Waals surface area contributed by atoms with Crippen LogP contribution >= 0.6 is 0 Å². The number of methoxy groups -OCH3 is 1. The van der Waals surface area contributed by atoms with E-state index in [-0.39, 0.29) is 30.5 Å². The van der Waals surface area contributed by atoms with E-state index in [0.29, 0.717) is 11.4 Å². The number of hydrogen-bond acceptors (Lipinski definition) is 5. The summed E-state index contributed by atoms with van der Waals surface area (Å²) in [6, 6.07) is 15.6. The number of nitrogens with one attached hydrogen (secondary N) is 1. The number of para-hydroxylation sites is 1. The molecule has 0 aliphatic carbocycles. The number of aromatic amines is 1. The number of fused-ring (bicyclic) bond motifs is 1. The number of anilines is 1. The molecule has 2 aromatic carbocycles. The molecule has 1 aliphatic rings. The van der Waals surface area contributed by atoms with Crippen molar-refractivity contribution in [2.24, 2.45) is 0 Å². The van der Waals surface area contributed by atoms with Crippen molar-refractivity contribution < 1.29 is 17.9 Å². The highest BCUT2D eigenvalue weighted by molar-refractivity contribution is 7.89. The lowest BCUT2D eigenvalue weighted by molar-refractivity contribution is -0.119. The van der Waals surface area contributed by atoms with Gasteiger partial charge in [0.15, 0.2) is 0 Å². The lowest BCUT2D eigenvalue weighted by Crippen LogP contribution is -2.42. The van der Waals surface area contributed by atoms with Crippen LogP contribution < -0.4 is 4.90 Å². The summed E-state index contributed by atoms with van der Waals surface area (Å²) in [6.07, 6.45) is 3.03. The third-order valence-electron chi connectivity index (χ3n) is 5.05. The molecule has 0 unspecified atom stereocenters. The number of aromatic nitrogens is 2. The van der Waals surface area contributed by atoms with Gasteiger partial charge in [0, 0.05) is 19.0 Å². The number of hydrogen-bond donors (Lipinski definition) is 1. The number of amides is 1. The molecule has 3 aromatic rings. The molecule has 9 heteroatoms. The predicted octanol–water partition coefficient (Wildman–Crippen LogP) is 2.33. The fraction of sp³-hybridized carbons (Fsp3) is 0.238. The Balaban J connectivity index is 1.84. The number of ether oxygens (including phenoxy) is 1. The predicted molar refractivity (Wildman–Crippen MR) is 111 cm³/mol. The van der Waals surface area contributed by atoms with Gasteiger partial charge in [-0.2, -0.15) is 4.31 Å². The van der Waals surface area contributed by atoms with Gasteiger partial charge in [0.1, 0.15) is 4.90 Å². The normalized spacial score (nSPS) is 17.4. The number of rotatable bonds is 6. The maximum atomic E-state index is 13.4. The van der Waals surface area contributed by atoms with Crippen molar-refractivity contribution >= 4 is 21.6 Å². The Morgan fingerprint density at radius 1 is 1.13 bits per heavy atom. The van der Waals surface area contributed by atoms with Crippen LogP contribution in [0.1, 0.15) is 17.3 Å². The Morgan fingerprint density at radius 2 is 1.87 bits per heavy atom. The Hall–Kier alpha value is -3.01. The van der Waals surface area contributed by atoms with E-state index in [1.165, 1.54) is 16.7 Å². The summed E-state index contributed by atoms with van der Waals surface area (Å²) in [6.45, 7) is -0.0374. The molecule has 156 valence electrons. The minimum absolute atomic E-state index is 0.0243. The molecule has 8 nitrogen and oxygen atoms in total. The van der Waals surface area contributed by atoms with Crippen LogP contribution in [0.2, 0.25) is 0 Å². The van der Waals surface area contributed by atoms with Gasteiger partial charge in [-0.05, 0) is 17.7 Å². The highest BCUT2D eigenvalue weighted by atomic mass is 32.2. The van der Waals surface area contributed by atoms with Crippen LogP contribution in [0, 0.1) is 0 Å². The molecule has 0 bridgehead atoms. The summed E-state index contributed by atoms with van der Waals surface area (Å²) in [5.74, 6) is -0.325. The van der Waals surface area contributed by atoms with Crippen molar-refractivity contribution in [2.75, 3.05) is 25.2 Å². The van der Waals surface area contributed by atoms with Crippen LogP contribution in [0.15, 0.2) is 72.0 Å². The molecular formula is C21H22N4O4S. The van der Waals surface area contributed by atoms with Gasteiger partial charge < -0.3 is 14.6 Å². The molecule has 1 atom stereocenters. The van der Waals surface area contributed by atoms with E-state index in [2.05, 4.69) is 9.97 Å². The van der Waals surface area contributed by atoms with Crippen LogP contribution in [0.3, 0.4) is 0 Å². The van der Waals surface area contributed by atoms with E-state index in [9.17, 15) is 13.2 Å². The summed E-state index contributed by atoms with van der Waals surface area (Å²) < 4.78 is 33.5. The van der Waals surface area contributed by atoms with Gasteiger partial charge in [0.25, 0.3) is 0 Å². The fourth-order valence-corrected chi connectivity index (χ4v) is 5.21. The quantitative estimate of drug-likeness (QED) is 0.653. The second-order valence-corrected chi connectivity index (χ2v) is 8.87. The van der Waals surface area contributed by atoms with Crippen LogP contribution in [0.5, 0.6) is 0 Å². The minimum Gasteiger partial charge on any atom is -0.382 e. The fourth-order valence-electron chi connectivity index (χ4n) is 3.66. The van der Waals surface area contributed by atoms with Crippen LogP contribution in [-0.4, -0.2) is 48.9 Å². The van der Waals surface area contributed by atoms with Crippen LogP contribution in [-0.2, 0) is 26.1 Å². The Kier molecular flexibility index (Phi) is 5.67. The first-order valence-corrected chi connectivity index (χ1v) is 10.9. The molecule has 0 spiro atoms. The van der Waals surface area contributed by atoms with Gasteiger partial charge in [0.05, 0.1) is 37.8 Å². The molecule has 30 heavy (non-hydrogen) atoms. The standard InChI is InChI=1S/C21H22N4O4S/c1-29-14-19(16-7-3-2-4-8-16)25-18-9-5-6-10-20(18)30(27,28)24(13-21(25)26)12-17-11-22-15-23-17/h2-11,15,19H,12-14H2,1H3,(H,22,23)/t19-/m1/s1. The van der Waals surface area contributed by atoms with E-state index in [1.54, 1.807) is 36.4 Å². The number of carbonyl (C=O) groups is 1. The lowest BCUT2D eigenvalue weighted by Gasteiger charge is -2.31. The van der Waals surface area contributed by atoms with E-state index in [1.807, 2.05) is 30.3 Å². The molecule has 1 N–H and O–H groups in total. The number of carbonyl (C=O) groups excluding carboxylic acids is 1. The Labute approximate surface area is 175 Å². The molecule has 0 saturated heterocycles. The molecule has 2 heterocycles. The second kappa shape index (κ2) is 8.39. The van der Waals surface area contributed by atoms with Gasteiger partial charge in [-0.25, -0.2) is 13.4 Å². The first-order chi connectivity index (χ1) is 14.5. The van der Waals surface area contributed by atoms with Crippen molar-refractivity contribution in [3.05, 3.63) is 78.4 Å². The highest BCUT2D eigenvalue weighted by Gasteiger charge is 2.39. The first-order valence-electron chi connectivity index (χ1n) is 9.44. The first kappa shape index (κ1) is 20.3. The molecule has 0 radical (unpaired) electrons. The molecule has 0 saturated carbocycles. The van der Waals surface area contributed by atoms with Gasteiger partial charge in [-0.3, -0.25) is 4.79 Å². The van der Waals surface area contributed by atoms with E-state index in [4.69, 9.17) is 4.74 Å². The van der Waals surface area contributed by atoms with Crippen molar-refractivity contribution in [2.45, 2.75) is 17.5 Å². The average Bonchev–Trinajstić information content (AvgIpc) is 3.24. The van der Waals surface area contributed by atoms with Crippen molar-refractivity contribution in [1.82, 2.24) is 14.3 Å².